The van der Waals surface area contributed by atoms with Crippen LogP contribution in [-0.2, 0) is 6.54 Å². The van der Waals surface area contributed by atoms with Crippen molar-refractivity contribution in [3.8, 4) is 0 Å². The van der Waals surface area contributed by atoms with Crippen molar-refractivity contribution in [1.29, 1.82) is 0 Å². The predicted molar refractivity (Wildman–Crippen MR) is 89.0 cm³/mol. The van der Waals surface area contributed by atoms with Gasteiger partial charge in [0.25, 0.3) is 0 Å². The second-order valence-corrected chi connectivity index (χ2v) is 6.66. The molecule has 0 spiro atoms. The zero-order valence-corrected chi connectivity index (χ0v) is 12.8. The molecule has 2 bridgehead atoms. The van der Waals surface area contributed by atoms with Crippen LogP contribution in [0.25, 0.3) is 11.2 Å². The number of allylic oxidation sites excluding steroid dienone is 2. The lowest BCUT2D eigenvalue weighted by atomic mass is 9.93. The molecule has 2 aromatic heterocycles. The van der Waals surface area contributed by atoms with E-state index < -0.39 is 0 Å². The highest BCUT2D eigenvalue weighted by Crippen LogP contribution is 2.48. The van der Waals surface area contributed by atoms with Gasteiger partial charge in [-0.1, -0.05) is 42.5 Å². The van der Waals surface area contributed by atoms with Crippen molar-refractivity contribution in [1.82, 2.24) is 19.5 Å². The molecule has 0 amide bonds. The molecule has 0 radical (unpaired) electrons. The monoisotopic (exact) mass is 302 g/mol. The molecule has 5 rings (SSSR count). The van der Waals surface area contributed by atoms with Crippen LogP contribution in [0, 0.1) is 11.8 Å². The minimum Gasteiger partial charge on any atom is -0.308 e. The summed E-state index contributed by atoms with van der Waals surface area (Å²) in [5.41, 5.74) is 3.14. The van der Waals surface area contributed by atoms with Gasteiger partial charge in [0.2, 0.25) is 0 Å². The third kappa shape index (κ3) is 2.09. The first kappa shape index (κ1) is 13.0. The van der Waals surface area contributed by atoms with E-state index in [4.69, 9.17) is 4.98 Å². The van der Waals surface area contributed by atoms with Gasteiger partial charge < -0.3 is 4.57 Å². The number of rotatable bonds is 3. The van der Waals surface area contributed by atoms with Crippen LogP contribution in [0.4, 0.5) is 0 Å². The smallest absolute Gasteiger partial charge is 0.163 e. The van der Waals surface area contributed by atoms with Crippen LogP contribution >= 0.6 is 0 Å². The van der Waals surface area contributed by atoms with Crippen LogP contribution in [0.15, 0.2) is 55.0 Å². The zero-order chi connectivity index (χ0) is 15.2. The highest BCUT2D eigenvalue weighted by molar-refractivity contribution is 5.70. The summed E-state index contributed by atoms with van der Waals surface area (Å²) in [5.74, 6) is 3.07. The van der Waals surface area contributed by atoms with Gasteiger partial charge in [0.15, 0.2) is 5.65 Å². The van der Waals surface area contributed by atoms with E-state index in [0.717, 1.165) is 23.6 Å². The highest BCUT2D eigenvalue weighted by atomic mass is 15.1. The summed E-state index contributed by atoms with van der Waals surface area (Å²) in [4.78, 5) is 13.6. The van der Waals surface area contributed by atoms with Gasteiger partial charge in [-0.25, -0.2) is 15.0 Å². The van der Waals surface area contributed by atoms with Gasteiger partial charge in [0.1, 0.15) is 17.7 Å². The van der Waals surface area contributed by atoms with Crippen LogP contribution in [-0.4, -0.2) is 19.5 Å². The van der Waals surface area contributed by atoms with E-state index in [9.17, 15) is 0 Å². The summed E-state index contributed by atoms with van der Waals surface area (Å²) in [6.45, 7) is 0.821. The Morgan fingerprint density at radius 1 is 1.09 bits per heavy atom. The fraction of sp³-hybridized carbons (Fsp3) is 0.316. The lowest BCUT2D eigenvalue weighted by molar-refractivity contribution is 0.528. The fourth-order valence-corrected chi connectivity index (χ4v) is 4.18. The summed E-state index contributed by atoms with van der Waals surface area (Å²) in [6, 6.07) is 10.6. The van der Waals surface area contributed by atoms with Crippen molar-refractivity contribution in [2.24, 2.45) is 11.8 Å². The topological polar surface area (TPSA) is 43.6 Å². The number of aromatic nitrogens is 4. The molecular formula is C19H18N4. The molecule has 1 saturated carbocycles. The van der Waals surface area contributed by atoms with Crippen molar-refractivity contribution >= 4 is 11.2 Å². The Kier molecular flexibility index (Phi) is 2.83. The number of nitrogens with zero attached hydrogens (tertiary/aromatic N) is 4. The SMILES string of the molecule is C1=C[C@@H]2C[C@H]1C[C@H]2c1nc2cncnc2n1Cc1ccccc1. The summed E-state index contributed by atoms with van der Waals surface area (Å²) in [7, 11) is 0. The van der Waals surface area contributed by atoms with Gasteiger partial charge in [-0.2, -0.15) is 0 Å². The fourth-order valence-electron chi connectivity index (χ4n) is 4.18. The van der Waals surface area contributed by atoms with Gasteiger partial charge in [-0.05, 0) is 30.2 Å². The van der Waals surface area contributed by atoms with Crippen molar-refractivity contribution in [2.75, 3.05) is 0 Å². The second kappa shape index (κ2) is 5.01. The minimum atomic E-state index is 0.517. The highest BCUT2D eigenvalue weighted by Gasteiger charge is 2.39. The first-order valence-corrected chi connectivity index (χ1v) is 8.27. The van der Waals surface area contributed by atoms with Gasteiger partial charge >= 0.3 is 0 Å². The van der Waals surface area contributed by atoms with Crippen molar-refractivity contribution in [3.05, 3.63) is 66.4 Å². The molecule has 0 aliphatic heterocycles. The summed E-state index contributed by atoms with van der Waals surface area (Å²) in [6.07, 6.45) is 10.7. The second-order valence-electron chi connectivity index (χ2n) is 6.66. The average Bonchev–Trinajstić information content (AvgIpc) is 3.30. The van der Waals surface area contributed by atoms with E-state index in [1.54, 1.807) is 6.33 Å². The Hall–Kier alpha value is -2.49. The molecule has 23 heavy (non-hydrogen) atoms. The Morgan fingerprint density at radius 2 is 2.00 bits per heavy atom. The predicted octanol–water partition coefficient (Wildman–Crippen LogP) is 3.55. The van der Waals surface area contributed by atoms with Gasteiger partial charge in [0, 0.05) is 5.92 Å². The molecule has 0 saturated heterocycles. The van der Waals surface area contributed by atoms with Crippen LogP contribution < -0.4 is 0 Å². The largest absolute Gasteiger partial charge is 0.308 e. The normalized spacial score (nSPS) is 25.5. The third-order valence-electron chi connectivity index (χ3n) is 5.23. The summed E-state index contributed by atoms with van der Waals surface area (Å²) >= 11 is 0. The lowest BCUT2D eigenvalue weighted by Crippen LogP contribution is -2.14. The molecule has 1 fully saturated rings. The average molecular weight is 302 g/mol. The zero-order valence-electron chi connectivity index (χ0n) is 12.8. The molecule has 3 atom stereocenters. The summed E-state index contributed by atoms with van der Waals surface area (Å²) in [5, 5.41) is 0. The van der Waals surface area contributed by atoms with E-state index in [1.807, 2.05) is 6.20 Å². The van der Waals surface area contributed by atoms with Crippen LogP contribution in [0.2, 0.25) is 0 Å². The van der Waals surface area contributed by atoms with Crippen LogP contribution in [0.5, 0.6) is 0 Å². The quantitative estimate of drug-likeness (QED) is 0.695. The third-order valence-corrected chi connectivity index (χ3v) is 5.23. The standard InChI is InChI=1S/C19H18N4/c1-2-4-13(5-3-1)11-23-18(16-9-14-6-7-15(16)8-14)22-17-10-20-12-21-19(17)23/h1-7,10,12,14-16H,8-9,11H2/t14-,15+,16+/m0/s1. The Balaban J connectivity index is 1.63. The molecule has 0 N–H and O–H groups in total. The number of hydrogen-bond acceptors (Lipinski definition) is 3. The van der Waals surface area contributed by atoms with Crippen LogP contribution in [0.3, 0.4) is 0 Å². The van der Waals surface area contributed by atoms with Crippen molar-refractivity contribution in [2.45, 2.75) is 25.3 Å². The molecule has 114 valence electrons. The first-order chi connectivity index (χ1) is 11.4. The molecular weight excluding hydrogens is 284 g/mol. The lowest BCUT2D eigenvalue weighted by Gasteiger charge is -2.19. The number of fused-ring (bicyclic) bond motifs is 3. The summed E-state index contributed by atoms with van der Waals surface area (Å²) < 4.78 is 2.30. The number of imidazole rings is 1. The first-order valence-electron chi connectivity index (χ1n) is 8.27. The van der Waals surface area contributed by atoms with E-state index in [0.29, 0.717) is 11.8 Å². The Morgan fingerprint density at radius 3 is 2.78 bits per heavy atom. The van der Waals surface area contributed by atoms with Gasteiger partial charge in [-0.3, -0.25) is 0 Å². The molecule has 3 aromatic rings. The molecule has 2 aliphatic rings. The molecule has 0 unspecified atom stereocenters. The van der Waals surface area contributed by atoms with E-state index in [-0.39, 0.29) is 0 Å². The van der Waals surface area contributed by atoms with Crippen molar-refractivity contribution in [3.63, 3.8) is 0 Å². The maximum absolute atomic E-state index is 4.91. The van der Waals surface area contributed by atoms with E-state index in [1.165, 1.54) is 24.2 Å². The molecule has 4 heteroatoms. The minimum absolute atomic E-state index is 0.517. The molecule has 1 aromatic carbocycles. The van der Waals surface area contributed by atoms with E-state index >= 15 is 0 Å². The number of benzene rings is 1. The number of hydrogen-bond donors (Lipinski definition) is 0. The van der Waals surface area contributed by atoms with Gasteiger partial charge in [-0.15, -0.1) is 0 Å². The van der Waals surface area contributed by atoms with Crippen molar-refractivity contribution < 1.29 is 0 Å². The van der Waals surface area contributed by atoms with Crippen LogP contribution in [0.1, 0.15) is 30.1 Å². The maximum Gasteiger partial charge on any atom is 0.163 e. The molecule has 2 heterocycles. The Labute approximate surface area is 134 Å². The molecule has 4 nitrogen and oxygen atoms in total. The van der Waals surface area contributed by atoms with Gasteiger partial charge in [0.05, 0.1) is 12.7 Å². The van der Waals surface area contributed by atoms with E-state index in [2.05, 4.69) is 57.0 Å². The Bertz CT molecular complexity index is 881. The maximum atomic E-state index is 4.91. The molecule has 2 aliphatic carbocycles.